The van der Waals surface area contributed by atoms with Gasteiger partial charge in [-0.2, -0.15) is 0 Å². The first-order valence-corrected chi connectivity index (χ1v) is 10.9. The van der Waals surface area contributed by atoms with Gasteiger partial charge in [0.25, 0.3) is 0 Å². The van der Waals surface area contributed by atoms with Gasteiger partial charge in [0.2, 0.25) is 0 Å². The molecule has 0 radical (unpaired) electrons. The van der Waals surface area contributed by atoms with E-state index in [1.54, 1.807) is 13.2 Å². The second-order valence-corrected chi connectivity index (χ2v) is 8.37. The third-order valence-corrected chi connectivity index (χ3v) is 5.25. The molecule has 0 saturated carbocycles. The summed E-state index contributed by atoms with van der Waals surface area (Å²) in [6.07, 6.45) is 16.1. The molecular weight excluding hydrogens is 372 g/mol. The largest absolute Gasteiger partial charge is 0.504 e. The van der Waals surface area contributed by atoms with E-state index in [9.17, 15) is 10.2 Å². The predicted molar refractivity (Wildman–Crippen MR) is 128 cm³/mol. The minimum Gasteiger partial charge on any atom is -0.504 e. The van der Waals surface area contributed by atoms with Crippen LogP contribution < -0.4 is 4.74 Å². The van der Waals surface area contributed by atoms with E-state index in [1.807, 2.05) is 0 Å². The predicted octanol–water partition coefficient (Wildman–Crippen LogP) is 7.79. The van der Waals surface area contributed by atoms with E-state index in [-0.39, 0.29) is 11.5 Å². The van der Waals surface area contributed by atoms with Crippen molar-refractivity contribution in [2.24, 2.45) is 0 Å². The Morgan fingerprint density at radius 1 is 0.767 bits per heavy atom. The van der Waals surface area contributed by atoms with Gasteiger partial charge >= 0.3 is 0 Å². The molecule has 0 unspecified atom stereocenters. The van der Waals surface area contributed by atoms with Crippen LogP contribution in [-0.4, -0.2) is 17.3 Å². The van der Waals surface area contributed by atoms with Crippen LogP contribution in [0.5, 0.6) is 17.2 Å². The second-order valence-electron chi connectivity index (χ2n) is 8.37. The van der Waals surface area contributed by atoms with E-state index in [0.717, 1.165) is 38.5 Å². The first kappa shape index (κ1) is 25.6. The maximum atomic E-state index is 10.1. The molecule has 3 nitrogen and oxygen atoms in total. The fraction of sp³-hybridized carbons (Fsp3) is 0.481. The lowest BCUT2D eigenvalue weighted by Gasteiger charge is -2.10. The number of benzene rings is 1. The van der Waals surface area contributed by atoms with Crippen molar-refractivity contribution in [2.75, 3.05) is 7.11 Å². The molecule has 0 atom stereocenters. The van der Waals surface area contributed by atoms with Crippen LogP contribution in [0, 0.1) is 0 Å². The molecule has 30 heavy (non-hydrogen) atoms. The van der Waals surface area contributed by atoms with E-state index < -0.39 is 0 Å². The van der Waals surface area contributed by atoms with E-state index in [0.29, 0.717) is 17.7 Å². The third kappa shape index (κ3) is 9.87. The average Bonchev–Trinajstić information content (AvgIpc) is 2.68. The molecular formula is C27H40O3. The molecule has 166 valence electrons. The molecule has 0 saturated heterocycles. The van der Waals surface area contributed by atoms with Crippen LogP contribution in [0.15, 0.2) is 58.7 Å². The molecule has 1 rings (SSSR count). The molecule has 3 heteroatoms. The SMILES string of the molecule is COc1ccc(O)c(O)c1C/C=C(\C)CC/C=C(\C)CC/C=C(\C)CCC=C(C)C. The highest BCUT2D eigenvalue weighted by Crippen LogP contribution is 2.36. The molecule has 0 aliphatic heterocycles. The summed E-state index contributed by atoms with van der Waals surface area (Å²) in [5, 5.41) is 19.8. The topological polar surface area (TPSA) is 49.7 Å². The normalized spacial score (nSPS) is 12.8. The molecule has 2 N–H and O–H groups in total. The Morgan fingerprint density at radius 3 is 1.77 bits per heavy atom. The Hall–Kier alpha value is -2.42. The van der Waals surface area contributed by atoms with Gasteiger partial charge in [-0.25, -0.2) is 0 Å². The van der Waals surface area contributed by atoms with E-state index >= 15 is 0 Å². The van der Waals surface area contributed by atoms with E-state index in [1.165, 1.54) is 28.4 Å². The summed E-state index contributed by atoms with van der Waals surface area (Å²) in [7, 11) is 1.57. The number of ether oxygens (including phenoxy) is 1. The zero-order valence-electron chi connectivity index (χ0n) is 19.7. The van der Waals surface area contributed by atoms with Gasteiger partial charge in [0.15, 0.2) is 11.5 Å². The van der Waals surface area contributed by atoms with Gasteiger partial charge in [0.05, 0.1) is 7.11 Å². The third-order valence-electron chi connectivity index (χ3n) is 5.25. The fourth-order valence-corrected chi connectivity index (χ4v) is 3.26. The summed E-state index contributed by atoms with van der Waals surface area (Å²) >= 11 is 0. The zero-order chi connectivity index (χ0) is 22.5. The van der Waals surface area contributed by atoms with Crippen molar-refractivity contribution in [1.29, 1.82) is 0 Å². The number of phenols is 2. The fourth-order valence-electron chi connectivity index (χ4n) is 3.26. The number of rotatable bonds is 12. The molecule has 0 spiro atoms. The molecule has 0 amide bonds. The van der Waals surface area contributed by atoms with Crippen molar-refractivity contribution in [1.82, 2.24) is 0 Å². The number of hydrogen-bond acceptors (Lipinski definition) is 3. The molecule has 1 aromatic carbocycles. The number of methoxy groups -OCH3 is 1. The van der Waals surface area contributed by atoms with Crippen molar-refractivity contribution in [3.8, 4) is 17.2 Å². The lowest BCUT2D eigenvalue weighted by molar-refractivity contribution is 0.379. The summed E-state index contributed by atoms with van der Waals surface area (Å²) in [4.78, 5) is 0. The lowest BCUT2D eigenvalue weighted by Crippen LogP contribution is -1.92. The minimum atomic E-state index is -0.114. The highest BCUT2D eigenvalue weighted by molar-refractivity contribution is 5.53. The Balaban J connectivity index is 2.46. The summed E-state index contributed by atoms with van der Waals surface area (Å²) < 4.78 is 5.29. The highest BCUT2D eigenvalue weighted by atomic mass is 16.5. The zero-order valence-corrected chi connectivity index (χ0v) is 19.7. The van der Waals surface area contributed by atoms with Crippen LogP contribution in [0.3, 0.4) is 0 Å². The Kier molecular flexibility index (Phi) is 11.7. The molecule has 0 bridgehead atoms. The van der Waals surface area contributed by atoms with Crippen molar-refractivity contribution >= 4 is 0 Å². The van der Waals surface area contributed by atoms with Crippen molar-refractivity contribution in [3.05, 3.63) is 64.3 Å². The maximum Gasteiger partial charge on any atom is 0.164 e. The van der Waals surface area contributed by atoms with Crippen molar-refractivity contribution in [2.45, 2.75) is 79.6 Å². The number of aromatic hydroxyl groups is 2. The first-order chi connectivity index (χ1) is 14.2. The van der Waals surface area contributed by atoms with Gasteiger partial charge in [-0.15, -0.1) is 0 Å². The maximum absolute atomic E-state index is 10.1. The summed E-state index contributed by atoms with van der Waals surface area (Å²) in [5.41, 5.74) is 6.19. The Bertz CT molecular complexity index is 791. The smallest absolute Gasteiger partial charge is 0.164 e. The molecule has 0 aliphatic carbocycles. The number of allylic oxidation sites excluding steroid dienone is 8. The summed E-state index contributed by atoms with van der Waals surface area (Å²) in [5.74, 6) is 0.379. The first-order valence-electron chi connectivity index (χ1n) is 10.9. The van der Waals surface area contributed by atoms with Gasteiger partial charge < -0.3 is 14.9 Å². The van der Waals surface area contributed by atoms with Crippen LogP contribution in [0.4, 0.5) is 0 Å². The standard InChI is InChI=1S/C27H40O3/c1-20(2)10-7-11-21(3)12-8-13-22(4)14-9-15-23(5)16-17-24-26(30-6)19-18-25(28)27(24)29/h10,12,14,16,18-19,28-29H,7-9,11,13,15,17H2,1-6H3/b21-12+,22-14+,23-16+. The van der Waals surface area contributed by atoms with Crippen molar-refractivity contribution < 1.29 is 14.9 Å². The quantitative estimate of drug-likeness (QED) is 0.272. The monoisotopic (exact) mass is 412 g/mol. The summed E-state index contributed by atoms with van der Waals surface area (Å²) in [6.45, 7) is 10.8. The van der Waals surface area contributed by atoms with Crippen LogP contribution in [0.25, 0.3) is 0 Å². The van der Waals surface area contributed by atoms with Gasteiger partial charge in [-0.05, 0) is 91.7 Å². The molecule has 0 fully saturated rings. The number of hydrogen-bond donors (Lipinski definition) is 2. The Morgan fingerprint density at radius 2 is 1.27 bits per heavy atom. The molecule has 0 aromatic heterocycles. The van der Waals surface area contributed by atoms with Crippen LogP contribution in [0.2, 0.25) is 0 Å². The van der Waals surface area contributed by atoms with E-state index in [2.05, 4.69) is 58.9 Å². The molecule has 1 aromatic rings. The highest BCUT2D eigenvalue weighted by Gasteiger charge is 2.11. The van der Waals surface area contributed by atoms with E-state index in [4.69, 9.17) is 4.74 Å². The molecule has 0 heterocycles. The van der Waals surface area contributed by atoms with Gasteiger partial charge in [-0.1, -0.05) is 46.6 Å². The van der Waals surface area contributed by atoms with Crippen LogP contribution in [0.1, 0.15) is 78.7 Å². The second kappa shape index (κ2) is 13.7. The van der Waals surface area contributed by atoms with Gasteiger partial charge in [-0.3, -0.25) is 0 Å². The van der Waals surface area contributed by atoms with Crippen molar-refractivity contribution in [3.63, 3.8) is 0 Å². The number of phenolic OH excluding ortho intramolecular Hbond substituents is 2. The van der Waals surface area contributed by atoms with Crippen LogP contribution in [-0.2, 0) is 6.42 Å². The lowest BCUT2D eigenvalue weighted by atomic mass is 10.0. The molecule has 0 aliphatic rings. The Labute approximate surface area is 183 Å². The van der Waals surface area contributed by atoms with Gasteiger partial charge in [0, 0.05) is 5.56 Å². The summed E-state index contributed by atoms with van der Waals surface area (Å²) in [6, 6.07) is 3.12. The van der Waals surface area contributed by atoms with Crippen LogP contribution >= 0.6 is 0 Å². The minimum absolute atomic E-state index is 0.0988. The average molecular weight is 413 g/mol. The van der Waals surface area contributed by atoms with Gasteiger partial charge in [0.1, 0.15) is 5.75 Å².